The van der Waals surface area contributed by atoms with Crippen LogP contribution in [0, 0.1) is 5.41 Å². The summed E-state index contributed by atoms with van der Waals surface area (Å²) in [5, 5.41) is 2.71. The number of carbonyl (C=O) groups is 1. The first-order chi connectivity index (χ1) is 16.2. The number of nitrogens with zero attached hydrogens (tertiary/aromatic N) is 1. The average molecular weight is 505 g/mol. The molecule has 7 nitrogen and oxygen atoms in total. The number of nitrogens with one attached hydrogen (secondary N) is 1. The van der Waals surface area contributed by atoms with E-state index in [1.54, 1.807) is 13.8 Å². The van der Waals surface area contributed by atoms with Crippen molar-refractivity contribution in [1.29, 1.82) is 0 Å². The molecule has 0 aromatic heterocycles. The quantitative estimate of drug-likeness (QED) is 0.439. The van der Waals surface area contributed by atoms with Gasteiger partial charge in [0.1, 0.15) is 11.5 Å². The molecule has 0 spiro atoms. The van der Waals surface area contributed by atoms with Crippen LogP contribution in [-0.4, -0.2) is 45.4 Å². The SMILES string of the molecule is CCN(CC)S(=O)(=O)c1ccc(OC)c(NC(=O)COc2ccc(C(C)(C)CC(C)(C)C)cc2)c1. The summed E-state index contributed by atoms with van der Waals surface area (Å²) in [6, 6.07) is 12.2. The molecule has 0 heterocycles. The molecule has 0 aliphatic heterocycles. The van der Waals surface area contributed by atoms with Gasteiger partial charge >= 0.3 is 0 Å². The van der Waals surface area contributed by atoms with Crippen LogP contribution >= 0.6 is 0 Å². The lowest BCUT2D eigenvalue weighted by molar-refractivity contribution is -0.118. The largest absolute Gasteiger partial charge is 0.495 e. The van der Waals surface area contributed by atoms with Gasteiger partial charge in [0.25, 0.3) is 5.91 Å². The Morgan fingerprint density at radius 2 is 1.57 bits per heavy atom. The molecule has 2 aromatic carbocycles. The number of ether oxygens (including phenoxy) is 2. The Morgan fingerprint density at radius 3 is 2.09 bits per heavy atom. The van der Waals surface area contributed by atoms with E-state index in [0.29, 0.717) is 24.6 Å². The minimum absolute atomic E-state index is 0.0151. The van der Waals surface area contributed by atoms with E-state index in [2.05, 4.69) is 39.9 Å². The molecular weight excluding hydrogens is 464 g/mol. The van der Waals surface area contributed by atoms with E-state index in [4.69, 9.17) is 9.47 Å². The molecule has 35 heavy (non-hydrogen) atoms. The molecule has 0 bridgehead atoms. The number of rotatable bonds is 11. The Bertz CT molecular complexity index is 1100. The molecule has 1 amide bonds. The van der Waals surface area contributed by atoms with Gasteiger partial charge in [0, 0.05) is 13.1 Å². The van der Waals surface area contributed by atoms with Gasteiger partial charge < -0.3 is 14.8 Å². The highest BCUT2D eigenvalue weighted by Gasteiger charge is 2.27. The van der Waals surface area contributed by atoms with Crippen molar-refractivity contribution in [2.75, 3.05) is 32.1 Å². The topological polar surface area (TPSA) is 84.9 Å². The molecule has 8 heteroatoms. The van der Waals surface area contributed by atoms with E-state index < -0.39 is 15.9 Å². The predicted molar refractivity (Wildman–Crippen MR) is 141 cm³/mol. The van der Waals surface area contributed by atoms with Gasteiger partial charge in [-0.25, -0.2) is 8.42 Å². The number of methoxy groups -OCH3 is 1. The minimum atomic E-state index is -3.67. The molecule has 0 atom stereocenters. The molecule has 0 unspecified atom stereocenters. The lowest BCUT2D eigenvalue weighted by Gasteiger charge is -2.33. The zero-order valence-corrected chi connectivity index (χ0v) is 23.1. The maximum atomic E-state index is 12.9. The number of sulfonamides is 1. The van der Waals surface area contributed by atoms with Crippen molar-refractivity contribution in [3.8, 4) is 11.5 Å². The smallest absolute Gasteiger partial charge is 0.262 e. The van der Waals surface area contributed by atoms with Gasteiger partial charge in [0.05, 0.1) is 17.7 Å². The highest BCUT2D eigenvalue weighted by molar-refractivity contribution is 7.89. The van der Waals surface area contributed by atoms with Crippen LogP contribution in [0.5, 0.6) is 11.5 Å². The molecule has 0 aliphatic rings. The Hall–Kier alpha value is -2.58. The summed E-state index contributed by atoms with van der Waals surface area (Å²) in [5.74, 6) is 0.528. The molecular formula is C27H40N2O5S. The Morgan fingerprint density at radius 1 is 0.971 bits per heavy atom. The normalized spacial score (nSPS) is 12.5. The molecule has 1 N–H and O–H groups in total. The van der Waals surface area contributed by atoms with Gasteiger partial charge in [0.15, 0.2) is 6.61 Å². The van der Waals surface area contributed by atoms with E-state index in [1.165, 1.54) is 35.2 Å². The first kappa shape index (κ1) is 28.7. The number of hydrogen-bond donors (Lipinski definition) is 1. The van der Waals surface area contributed by atoms with Crippen LogP contribution in [0.25, 0.3) is 0 Å². The van der Waals surface area contributed by atoms with Crippen molar-refractivity contribution >= 4 is 21.6 Å². The van der Waals surface area contributed by atoms with Crippen LogP contribution in [0.2, 0.25) is 0 Å². The number of amides is 1. The van der Waals surface area contributed by atoms with Crippen LogP contribution in [0.4, 0.5) is 5.69 Å². The average Bonchev–Trinajstić information content (AvgIpc) is 2.77. The second kappa shape index (κ2) is 11.4. The Balaban J connectivity index is 2.10. The molecule has 194 valence electrons. The molecule has 2 rings (SSSR count). The standard InChI is InChI=1S/C27H40N2O5S/c1-9-29(10-2)35(31,32)22-15-16-24(33-8)23(17-22)28-25(30)18-34-21-13-11-20(12-14-21)27(6,7)19-26(3,4)5/h11-17H,9-10,18-19H2,1-8H3,(H,28,30). The maximum Gasteiger partial charge on any atom is 0.262 e. The lowest BCUT2D eigenvalue weighted by Crippen LogP contribution is -2.30. The van der Waals surface area contributed by atoms with Crippen molar-refractivity contribution < 1.29 is 22.7 Å². The number of benzene rings is 2. The van der Waals surface area contributed by atoms with E-state index in [0.717, 1.165) is 6.42 Å². The van der Waals surface area contributed by atoms with Crippen molar-refractivity contribution in [2.24, 2.45) is 5.41 Å². The highest BCUT2D eigenvalue weighted by atomic mass is 32.2. The Kier molecular flexibility index (Phi) is 9.36. The van der Waals surface area contributed by atoms with Crippen LogP contribution in [0.15, 0.2) is 47.4 Å². The fourth-order valence-electron chi connectivity index (χ4n) is 4.42. The molecule has 0 saturated heterocycles. The monoisotopic (exact) mass is 504 g/mol. The van der Waals surface area contributed by atoms with Gasteiger partial charge in [-0.3, -0.25) is 4.79 Å². The summed E-state index contributed by atoms with van der Waals surface area (Å²) in [6.07, 6.45) is 1.04. The van der Waals surface area contributed by atoms with Gasteiger partial charge in [-0.1, -0.05) is 60.6 Å². The summed E-state index contributed by atoms with van der Waals surface area (Å²) >= 11 is 0. The van der Waals surface area contributed by atoms with Crippen LogP contribution in [0.1, 0.15) is 60.5 Å². The fourth-order valence-corrected chi connectivity index (χ4v) is 5.91. The van der Waals surface area contributed by atoms with Gasteiger partial charge in [-0.05, 0) is 53.1 Å². The van der Waals surface area contributed by atoms with Crippen molar-refractivity contribution in [2.45, 2.75) is 65.2 Å². The molecule has 2 aromatic rings. The molecule has 0 aliphatic carbocycles. The van der Waals surface area contributed by atoms with E-state index >= 15 is 0 Å². The van der Waals surface area contributed by atoms with Gasteiger partial charge in [-0.15, -0.1) is 0 Å². The van der Waals surface area contributed by atoms with Crippen LogP contribution in [-0.2, 0) is 20.2 Å². The van der Waals surface area contributed by atoms with Crippen molar-refractivity contribution in [1.82, 2.24) is 4.31 Å². The van der Waals surface area contributed by atoms with Gasteiger partial charge in [-0.2, -0.15) is 4.31 Å². The first-order valence-corrected chi connectivity index (χ1v) is 13.4. The third-order valence-electron chi connectivity index (χ3n) is 5.77. The fraction of sp³-hybridized carbons (Fsp3) is 0.519. The third kappa shape index (κ3) is 7.70. The highest BCUT2D eigenvalue weighted by Crippen LogP contribution is 2.36. The van der Waals surface area contributed by atoms with Crippen LogP contribution in [0.3, 0.4) is 0 Å². The third-order valence-corrected chi connectivity index (χ3v) is 7.81. The van der Waals surface area contributed by atoms with E-state index in [9.17, 15) is 13.2 Å². The number of carbonyl (C=O) groups excluding carboxylic acids is 1. The number of hydrogen-bond acceptors (Lipinski definition) is 5. The van der Waals surface area contributed by atoms with E-state index in [-0.39, 0.29) is 28.0 Å². The van der Waals surface area contributed by atoms with E-state index in [1.807, 2.05) is 24.3 Å². The zero-order chi connectivity index (χ0) is 26.4. The molecule has 0 radical (unpaired) electrons. The van der Waals surface area contributed by atoms with Crippen molar-refractivity contribution in [3.63, 3.8) is 0 Å². The predicted octanol–water partition coefficient (Wildman–Crippen LogP) is 5.46. The van der Waals surface area contributed by atoms with Gasteiger partial charge in [0.2, 0.25) is 10.0 Å². The molecule has 0 saturated carbocycles. The lowest BCUT2D eigenvalue weighted by atomic mass is 9.72. The molecule has 0 fully saturated rings. The summed E-state index contributed by atoms with van der Waals surface area (Å²) in [5.41, 5.74) is 1.70. The number of anilines is 1. The zero-order valence-electron chi connectivity index (χ0n) is 22.3. The maximum absolute atomic E-state index is 12.9. The summed E-state index contributed by atoms with van der Waals surface area (Å²) < 4.78 is 38.1. The van der Waals surface area contributed by atoms with Crippen LogP contribution < -0.4 is 14.8 Å². The summed E-state index contributed by atoms with van der Waals surface area (Å²) in [4.78, 5) is 12.7. The second-order valence-corrected chi connectivity index (χ2v) is 12.4. The summed E-state index contributed by atoms with van der Waals surface area (Å²) in [7, 11) is -2.21. The second-order valence-electron chi connectivity index (χ2n) is 10.4. The first-order valence-electron chi connectivity index (χ1n) is 11.9. The Labute approximate surface area is 210 Å². The summed E-state index contributed by atoms with van der Waals surface area (Å²) in [6.45, 7) is 15.2. The minimum Gasteiger partial charge on any atom is -0.495 e. The van der Waals surface area contributed by atoms with Crippen molar-refractivity contribution in [3.05, 3.63) is 48.0 Å².